The van der Waals surface area contributed by atoms with Crippen molar-refractivity contribution in [1.29, 1.82) is 0 Å². The molecule has 0 N–H and O–H groups in total. The first-order chi connectivity index (χ1) is 4.89. The number of Topliss-reactive ketones (excluding diaryl/α,β-unsaturated/α-hetero) is 1. The Hall–Kier alpha value is 0.0800. The van der Waals surface area contributed by atoms with Crippen molar-refractivity contribution in [3.8, 4) is 0 Å². The van der Waals surface area contributed by atoms with Crippen LogP contribution in [0.5, 0.6) is 0 Å². The maximum absolute atomic E-state index is 10.9. The zero-order chi connectivity index (χ0) is 8.81. The van der Waals surface area contributed by atoms with E-state index in [9.17, 15) is 4.79 Å². The van der Waals surface area contributed by atoms with Gasteiger partial charge in [-0.3, -0.25) is 4.79 Å². The molecular formula is C6H6Cl3NO. The summed E-state index contributed by atoms with van der Waals surface area (Å²) in [5.41, 5.74) is 0.465. The van der Waals surface area contributed by atoms with E-state index in [1.807, 2.05) is 0 Å². The van der Waals surface area contributed by atoms with Crippen LogP contribution in [0.1, 0.15) is 0 Å². The number of hydrogen-bond acceptors (Lipinski definition) is 2. The summed E-state index contributed by atoms with van der Waals surface area (Å²) in [6, 6.07) is 0. The fourth-order valence-electron chi connectivity index (χ4n) is 0.905. The minimum absolute atomic E-state index is 0.125. The topological polar surface area (TPSA) is 20.3 Å². The van der Waals surface area contributed by atoms with Gasteiger partial charge in [-0.2, -0.15) is 0 Å². The molecule has 0 unspecified atom stereocenters. The summed E-state index contributed by atoms with van der Waals surface area (Å²) in [7, 11) is 3.45. The van der Waals surface area contributed by atoms with Crippen molar-refractivity contribution in [3.05, 3.63) is 10.7 Å². The summed E-state index contributed by atoms with van der Waals surface area (Å²) < 4.78 is -1.43. The van der Waals surface area contributed by atoms with Crippen molar-refractivity contribution in [2.45, 2.75) is 4.33 Å². The van der Waals surface area contributed by atoms with Crippen molar-refractivity contribution in [1.82, 2.24) is 4.90 Å². The zero-order valence-electron chi connectivity index (χ0n) is 5.99. The number of allylic oxidation sites excluding steroid dienone is 2. The predicted molar refractivity (Wildman–Crippen MR) is 46.0 cm³/mol. The van der Waals surface area contributed by atoms with E-state index in [0.29, 0.717) is 5.70 Å². The van der Waals surface area contributed by atoms with E-state index >= 15 is 0 Å². The van der Waals surface area contributed by atoms with Crippen molar-refractivity contribution in [2.24, 2.45) is 0 Å². The highest BCUT2D eigenvalue weighted by molar-refractivity contribution is 6.70. The molecule has 2 nitrogen and oxygen atoms in total. The van der Waals surface area contributed by atoms with Crippen molar-refractivity contribution < 1.29 is 4.79 Å². The minimum atomic E-state index is -1.43. The minimum Gasteiger partial charge on any atom is -0.377 e. The first-order valence-electron chi connectivity index (χ1n) is 2.89. The monoisotopic (exact) mass is 213 g/mol. The Morgan fingerprint density at radius 3 is 2.00 bits per heavy atom. The molecule has 0 saturated heterocycles. The van der Waals surface area contributed by atoms with Gasteiger partial charge in [-0.1, -0.05) is 34.8 Å². The molecule has 1 aliphatic rings. The molecular weight excluding hydrogens is 208 g/mol. The molecule has 0 fully saturated rings. The van der Waals surface area contributed by atoms with Crippen LogP contribution in [0.4, 0.5) is 0 Å². The van der Waals surface area contributed by atoms with E-state index < -0.39 is 10.1 Å². The molecule has 0 heterocycles. The fraction of sp³-hybridized carbons (Fsp3) is 0.500. The van der Waals surface area contributed by atoms with Gasteiger partial charge in [0.15, 0.2) is 0 Å². The molecule has 0 amide bonds. The third kappa shape index (κ3) is 1.13. The van der Waals surface area contributed by atoms with Gasteiger partial charge in [0.25, 0.3) is 0 Å². The lowest BCUT2D eigenvalue weighted by molar-refractivity contribution is -0.117. The standard InChI is InChI=1S/C6H6Cl3NO/c1-10(2)4-3(7)5(11)6(4,8)9/h1-2H3. The van der Waals surface area contributed by atoms with Gasteiger partial charge in [-0.25, -0.2) is 0 Å². The average Bonchev–Trinajstić information content (AvgIpc) is 1.85. The first-order valence-corrected chi connectivity index (χ1v) is 4.02. The molecule has 0 bridgehead atoms. The Kier molecular flexibility index (Phi) is 2.12. The second kappa shape index (κ2) is 2.54. The number of alkyl halides is 2. The van der Waals surface area contributed by atoms with Crippen LogP contribution < -0.4 is 0 Å². The molecule has 0 radical (unpaired) electrons. The fourth-order valence-corrected chi connectivity index (χ4v) is 2.27. The molecule has 0 saturated carbocycles. The largest absolute Gasteiger partial charge is 0.377 e. The number of hydrogen-bond donors (Lipinski definition) is 0. The van der Waals surface area contributed by atoms with Crippen molar-refractivity contribution in [3.63, 3.8) is 0 Å². The van der Waals surface area contributed by atoms with E-state index in [1.165, 1.54) is 0 Å². The van der Waals surface area contributed by atoms with Gasteiger partial charge in [0.2, 0.25) is 10.1 Å². The highest BCUT2D eigenvalue weighted by Gasteiger charge is 2.52. The molecule has 0 atom stereocenters. The third-order valence-corrected chi connectivity index (χ3v) is 2.49. The lowest BCUT2D eigenvalue weighted by Crippen LogP contribution is -2.45. The first kappa shape index (κ1) is 9.17. The smallest absolute Gasteiger partial charge is 0.222 e. The third-order valence-electron chi connectivity index (χ3n) is 1.44. The lowest BCUT2D eigenvalue weighted by atomic mass is 10.0. The van der Waals surface area contributed by atoms with Gasteiger partial charge in [0.05, 0.1) is 5.70 Å². The second-order valence-electron chi connectivity index (χ2n) is 2.46. The maximum atomic E-state index is 10.9. The highest BCUT2D eigenvalue weighted by atomic mass is 35.5. The summed E-state index contributed by atoms with van der Waals surface area (Å²) in [5.74, 6) is -0.425. The molecule has 0 aromatic carbocycles. The van der Waals surface area contributed by atoms with E-state index in [0.717, 1.165) is 0 Å². The quantitative estimate of drug-likeness (QED) is 0.620. The van der Waals surface area contributed by atoms with E-state index in [4.69, 9.17) is 34.8 Å². The van der Waals surface area contributed by atoms with Crippen LogP contribution in [-0.4, -0.2) is 29.1 Å². The zero-order valence-corrected chi connectivity index (χ0v) is 8.26. The van der Waals surface area contributed by atoms with Crippen LogP contribution in [-0.2, 0) is 4.79 Å². The molecule has 1 aliphatic carbocycles. The maximum Gasteiger partial charge on any atom is 0.222 e. The number of nitrogens with zero attached hydrogens (tertiary/aromatic N) is 1. The van der Waals surface area contributed by atoms with Crippen LogP contribution in [0.25, 0.3) is 0 Å². The Bertz CT molecular complexity index is 244. The Labute approximate surface area is 79.7 Å². The van der Waals surface area contributed by atoms with Gasteiger partial charge >= 0.3 is 0 Å². The summed E-state index contributed by atoms with van der Waals surface area (Å²) in [5, 5.41) is 0.125. The van der Waals surface area contributed by atoms with E-state index in [-0.39, 0.29) is 5.03 Å². The molecule has 0 aliphatic heterocycles. The van der Waals surface area contributed by atoms with Gasteiger partial charge in [-0.15, -0.1) is 0 Å². The number of carbonyl (C=O) groups is 1. The molecule has 0 spiro atoms. The molecule has 0 aromatic rings. The van der Waals surface area contributed by atoms with Gasteiger partial charge in [0.1, 0.15) is 5.03 Å². The van der Waals surface area contributed by atoms with Crippen molar-refractivity contribution >= 4 is 40.6 Å². The lowest BCUT2D eigenvalue weighted by Gasteiger charge is -2.35. The summed E-state index contributed by atoms with van der Waals surface area (Å²) in [6.07, 6.45) is 0. The van der Waals surface area contributed by atoms with Crippen LogP contribution in [0.2, 0.25) is 0 Å². The van der Waals surface area contributed by atoms with Crippen LogP contribution in [0.15, 0.2) is 10.7 Å². The van der Waals surface area contributed by atoms with Crippen LogP contribution >= 0.6 is 34.8 Å². The van der Waals surface area contributed by atoms with Gasteiger partial charge in [0, 0.05) is 14.1 Å². The van der Waals surface area contributed by atoms with Gasteiger partial charge < -0.3 is 4.90 Å². The van der Waals surface area contributed by atoms with Crippen LogP contribution in [0.3, 0.4) is 0 Å². The van der Waals surface area contributed by atoms with Crippen molar-refractivity contribution in [2.75, 3.05) is 14.1 Å². The molecule has 11 heavy (non-hydrogen) atoms. The summed E-state index contributed by atoms with van der Waals surface area (Å²) in [6.45, 7) is 0. The number of rotatable bonds is 1. The highest BCUT2D eigenvalue weighted by Crippen LogP contribution is 2.46. The Morgan fingerprint density at radius 1 is 1.36 bits per heavy atom. The summed E-state index contributed by atoms with van der Waals surface area (Å²) >= 11 is 16.8. The normalized spacial score (nSPS) is 21.7. The number of carbonyl (C=O) groups excluding carboxylic acids is 1. The van der Waals surface area contributed by atoms with Gasteiger partial charge in [-0.05, 0) is 0 Å². The second-order valence-corrected chi connectivity index (χ2v) is 4.17. The Morgan fingerprint density at radius 2 is 1.82 bits per heavy atom. The van der Waals surface area contributed by atoms with E-state index in [2.05, 4.69) is 0 Å². The number of ketones is 1. The predicted octanol–water partition coefficient (Wildman–Crippen LogP) is 1.75. The van der Waals surface area contributed by atoms with Crippen LogP contribution in [0, 0.1) is 0 Å². The molecule has 0 aromatic heterocycles. The summed E-state index contributed by atoms with van der Waals surface area (Å²) in [4.78, 5) is 12.5. The molecule has 1 rings (SSSR count). The molecule has 5 heteroatoms. The SMILES string of the molecule is CN(C)C1=C(Cl)C(=O)C1(Cl)Cl. The molecule has 62 valence electrons. The van der Waals surface area contributed by atoms with E-state index in [1.54, 1.807) is 19.0 Å². The average molecular weight is 214 g/mol. The Balaban J connectivity index is 3.06. The number of halogens is 3.